The van der Waals surface area contributed by atoms with Crippen molar-refractivity contribution in [3.63, 3.8) is 0 Å². The molecule has 0 aromatic rings. The molecule has 0 spiro atoms. The van der Waals surface area contributed by atoms with Crippen molar-refractivity contribution < 1.29 is 0 Å². The van der Waals surface area contributed by atoms with E-state index in [1.54, 1.807) is 0 Å². The molecule has 0 saturated carbocycles. The van der Waals surface area contributed by atoms with Crippen LogP contribution in [-0.4, -0.2) is 23.5 Å². The molecule has 1 heteroatoms. The maximum atomic E-state index is 2.66. The molecule has 1 aliphatic rings. The number of rotatable bonds is 4. The largest absolute Gasteiger partial charge is 0.297 e. The van der Waals surface area contributed by atoms with Gasteiger partial charge in [0, 0.05) is 18.6 Å². The average molecular weight is 195 g/mol. The summed E-state index contributed by atoms with van der Waals surface area (Å²) in [7, 11) is 0. The van der Waals surface area contributed by atoms with Crippen LogP contribution in [0.5, 0.6) is 0 Å². The summed E-state index contributed by atoms with van der Waals surface area (Å²) in [6, 6.07) is 1.57. The third-order valence-electron chi connectivity index (χ3n) is 3.51. The summed E-state index contributed by atoms with van der Waals surface area (Å²) in [5, 5.41) is 0. The first kappa shape index (κ1) is 11.8. The summed E-state index contributed by atoms with van der Waals surface area (Å²) in [5.74, 6) is 0.889. The van der Waals surface area contributed by atoms with Crippen molar-refractivity contribution in [1.29, 1.82) is 0 Å². The van der Waals surface area contributed by atoms with Crippen molar-refractivity contribution in [2.75, 3.05) is 6.54 Å². The summed E-state index contributed by atoms with van der Waals surface area (Å²) in [6.45, 7) is 12.7. The number of likely N-dealkylation sites (tertiary alicyclic amines) is 1. The summed E-state index contributed by atoms with van der Waals surface area (Å²) in [6.07, 6.45) is 4.90. The zero-order valence-corrected chi connectivity index (χ0v) is 10.4. The minimum Gasteiger partial charge on any atom is -0.297 e. The van der Waals surface area contributed by atoms with Crippen molar-refractivity contribution in [1.82, 2.24) is 4.90 Å². The molecule has 1 aliphatic heterocycles. The highest BCUT2D eigenvalue weighted by Gasteiger charge is 2.36. The third-order valence-corrected chi connectivity index (χ3v) is 3.51. The third kappa shape index (κ3) is 2.60. The molecule has 14 heavy (non-hydrogen) atoms. The molecular weight excluding hydrogens is 170 g/mol. The number of hydrogen-bond acceptors (Lipinski definition) is 1. The highest BCUT2D eigenvalue weighted by molar-refractivity contribution is 5.01. The van der Waals surface area contributed by atoms with Gasteiger partial charge in [-0.1, -0.05) is 25.5 Å². The Kier molecular flexibility index (Phi) is 4.18. The zero-order chi connectivity index (χ0) is 10.7. The minimum absolute atomic E-state index is 0.766. The molecule has 0 aliphatic carbocycles. The van der Waals surface area contributed by atoms with Crippen LogP contribution in [0, 0.1) is 5.92 Å². The van der Waals surface area contributed by atoms with Crippen LogP contribution in [0.25, 0.3) is 0 Å². The second kappa shape index (κ2) is 4.97. The van der Waals surface area contributed by atoms with Crippen LogP contribution in [-0.2, 0) is 0 Å². The van der Waals surface area contributed by atoms with Crippen LogP contribution in [0.4, 0.5) is 0 Å². The molecule has 0 N–H and O–H groups in total. The molecule has 1 saturated heterocycles. The Labute approximate surface area is 89.2 Å². The molecule has 0 radical (unpaired) electrons. The van der Waals surface area contributed by atoms with Gasteiger partial charge in [-0.05, 0) is 39.5 Å². The average Bonchev–Trinajstić information content (AvgIpc) is 2.12. The molecule has 0 aromatic carbocycles. The van der Waals surface area contributed by atoms with Gasteiger partial charge in [-0.25, -0.2) is 0 Å². The summed E-state index contributed by atoms with van der Waals surface area (Å²) >= 11 is 0. The normalized spacial score (nSPS) is 29.5. The predicted octanol–water partition coefficient (Wildman–Crippen LogP) is 3.46. The lowest BCUT2D eigenvalue weighted by molar-refractivity contribution is -0.00735. The van der Waals surface area contributed by atoms with Crippen molar-refractivity contribution in [3.05, 3.63) is 11.6 Å². The van der Waals surface area contributed by atoms with Gasteiger partial charge >= 0.3 is 0 Å². The molecule has 1 fully saturated rings. The summed E-state index contributed by atoms with van der Waals surface area (Å²) in [4.78, 5) is 2.66. The Bertz CT molecular complexity index is 203. The minimum atomic E-state index is 0.766. The first-order chi connectivity index (χ1) is 6.56. The molecule has 3 unspecified atom stereocenters. The lowest BCUT2D eigenvalue weighted by atomic mass is 9.85. The van der Waals surface area contributed by atoms with Gasteiger partial charge in [0.05, 0.1) is 0 Å². The van der Waals surface area contributed by atoms with Crippen LogP contribution in [0.3, 0.4) is 0 Å². The van der Waals surface area contributed by atoms with Gasteiger partial charge in [-0.3, -0.25) is 4.90 Å². The first-order valence-corrected chi connectivity index (χ1v) is 5.95. The standard InChI is InChI=1S/C13H25N/c1-6-12(5)14-9-11(4)13(14)8-7-10(2)3/h7,11-13H,6,8-9H2,1-5H3. The van der Waals surface area contributed by atoms with Crippen LogP contribution >= 0.6 is 0 Å². The Balaban J connectivity index is 2.45. The molecule has 0 aromatic heterocycles. The van der Waals surface area contributed by atoms with Crippen molar-refractivity contribution in [2.45, 2.75) is 59.5 Å². The Morgan fingerprint density at radius 1 is 1.50 bits per heavy atom. The molecule has 3 atom stereocenters. The van der Waals surface area contributed by atoms with Gasteiger partial charge in [0.1, 0.15) is 0 Å². The Hall–Kier alpha value is -0.300. The highest BCUT2D eigenvalue weighted by Crippen LogP contribution is 2.30. The topological polar surface area (TPSA) is 3.24 Å². The molecular formula is C13H25N. The lowest BCUT2D eigenvalue weighted by Crippen LogP contribution is -2.58. The van der Waals surface area contributed by atoms with E-state index in [1.165, 1.54) is 25.0 Å². The first-order valence-electron chi connectivity index (χ1n) is 5.95. The van der Waals surface area contributed by atoms with Gasteiger partial charge < -0.3 is 0 Å². The quantitative estimate of drug-likeness (QED) is 0.621. The second-order valence-corrected chi connectivity index (χ2v) is 5.02. The Morgan fingerprint density at radius 3 is 2.57 bits per heavy atom. The lowest BCUT2D eigenvalue weighted by Gasteiger charge is -2.50. The van der Waals surface area contributed by atoms with Gasteiger partial charge in [0.15, 0.2) is 0 Å². The van der Waals surface area contributed by atoms with E-state index in [1.807, 2.05) is 0 Å². The smallest absolute Gasteiger partial charge is 0.0171 e. The van der Waals surface area contributed by atoms with Crippen LogP contribution in [0.15, 0.2) is 11.6 Å². The van der Waals surface area contributed by atoms with Gasteiger partial charge in [-0.2, -0.15) is 0 Å². The molecule has 0 bridgehead atoms. The Morgan fingerprint density at radius 2 is 2.14 bits per heavy atom. The number of allylic oxidation sites excluding steroid dienone is 1. The van der Waals surface area contributed by atoms with Crippen LogP contribution in [0.2, 0.25) is 0 Å². The molecule has 1 heterocycles. The van der Waals surface area contributed by atoms with Gasteiger partial charge in [0.25, 0.3) is 0 Å². The molecule has 82 valence electrons. The highest BCUT2D eigenvalue weighted by atomic mass is 15.2. The van der Waals surface area contributed by atoms with E-state index in [9.17, 15) is 0 Å². The van der Waals surface area contributed by atoms with E-state index in [2.05, 4.69) is 45.6 Å². The van der Waals surface area contributed by atoms with E-state index < -0.39 is 0 Å². The van der Waals surface area contributed by atoms with Crippen molar-refractivity contribution in [2.24, 2.45) is 5.92 Å². The molecule has 0 amide bonds. The van der Waals surface area contributed by atoms with Crippen molar-refractivity contribution in [3.8, 4) is 0 Å². The molecule has 1 nitrogen and oxygen atoms in total. The van der Waals surface area contributed by atoms with E-state index in [4.69, 9.17) is 0 Å². The fourth-order valence-electron chi connectivity index (χ4n) is 2.24. The second-order valence-electron chi connectivity index (χ2n) is 5.02. The SMILES string of the molecule is CCC(C)N1CC(C)C1CC=C(C)C. The monoisotopic (exact) mass is 195 g/mol. The maximum Gasteiger partial charge on any atom is 0.0171 e. The number of nitrogens with zero attached hydrogens (tertiary/aromatic N) is 1. The summed E-state index contributed by atoms with van der Waals surface area (Å²) in [5.41, 5.74) is 1.45. The van der Waals surface area contributed by atoms with Crippen LogP contribution < -0.4 is 0 Å². The number of hydrogen-bond donors (Lipinski definition) is 0. The van der Waals surface area contributed by atoms with Crippen molar-refractivity contribution >= 4 is 0 Å². The maximum absolute atomic E-state index is 2.66. The molecule has 1 rings (SSSR count). The van der Waals surface area contributed by atoms with E-state index >= 15 is 0 Å². The van der Waals surface area contributed by atoms with Gasteiger partial charge in [-0.15, -0.1) is 0 Å². The fourth-order valence-corrected chi connectivity index (χ4v) is 2.24. The van der Waals surface area contributed by atoms with E-state index in [0.717, 1.165) is 18.0 Å². The van der Waals surface area contributed by atoms with Crippen LogP contribution in [0.1, 0.15) is 47.5 Å². The van der Waals surface area contributed by atoms with E-state index in [-0.39, 0.29) is 0 Å². The zero-order valence-electron chi connectivity index (χ0n) is 10.4. The fraction of sp³-hybridized carbons (Fsp3) is 0.846. The predicted molar refractivity (Wildman–Crippen MR) is 63.5 cm³/mol. The summed E-state index contributed by atoms with van der Waals surface area (Å²) < 4.78 is 0. The van der Waals surface area contributed by atoms with Gasteiger partial charge in [0.2, 0.25) is 0 Å². The van der Waals surface area contributed by atoms with E-state index in [0.29, 0.717) is 0 Å².